The zero-order chi connectivity index (χ0) is 11.3. The molecule has 0 aliphatic heterocycles. The zero-order valence-corrected chi connectivity index (χ0v) is 8.22. The lowest BCUT2D eigenvalue weighted by Gasteiger charge is -2.17. The van der Waals surface area contributed by atoms with Gasteiger partial charge in [0.25, 0.3) is 5.91 Å². The summed E-state index contributed by atoms with van der Waals surface area (Å²) in [7, 11) is 0. The van der Waals surface area contributed by atoms with Gasteiger partial charge in [-0.15, -0.1) is 13.2 Å². The Bertz CT molecular complexity index is 362. The van der Waals surface area contributed by atoms with Crippen molar-refractivity contribution in [3.8, 4) is 0 Å². The van der Waals surface area contributed by atoms with Crippen molar-refractivity contribution in [3.63, 3.8) is 0 Å². The SMILES string of the molecule is C=CCN(CC=C)C(=O)c1nonc1N. The highest BCUT2D eigenvalue weighted by Crippen LogP contribution is 2.08. The number of carbonyl (C=O) groups is 1. The molecule has 0 aromatic carbocycles. The van der Waals surface area contributed by atoms with E-state index in [0.717, 1.165) is 0 Å². The Balaban J connectivity index is 2.84. The summed E-state index contributed by atoms with van der Waals surface area (Å²) in [5.74, 6) is -0.369. The van der Waals surface area contributed by atoms with E-state index in [4.69, 9.17) is 5.73 Å². The number of hydrogen-bond donors (Lipinski definition) is 1. The highest BCUT2D eigenvalue weighted by atomic mass is 16.6. The Morgan fingerprint density at radius 3 is 2.40 bits per heavy atom. The van der Waals surface area contributed by atoms with Crippen molar-refractivity contribution in [1.82, 2.24) is 15.2 Å². The fourth-order valence-electron chi connectivity index (χ4n) is 1.05. The van der Waals surface area contributed by atoms with Gasteiger partial charge in [-0.05, 0) is 10.3 Å². The summed E-state index contributed by atoms with van der Waals surface area (Å²) >= 11 is 0. The summed E-state index contributed by atoms with van der Waals surface area (Å²) < 4.78 is 4.35. The number of anilines is 1. The molecule has 0 saturated heterocycles. The Morgan fingerprint density at radius 1 is 1.40 bits per heavy atom. The Hall–Kier alpha value is -2.11. The zero-order valence-electron chi connectivity index (χ0n) is 8.22. The van der Waals surface area contributed by atoms with Gasteiger partial charge in [-0.1, -0.05) is 12.2 Å². The number of hydrogen-bond acceptors (Lipinski definition) is 5. The maximum atomic E-state index is 11.8. The van der Waals surface area contributed by atoms with E-state index in [1.165, 1.54) is 4.90 Å². The summed E-state index contributed by atoms with van der Waals surface area (Å²) in [6, 6.07) is 0. The summed E-state index contributed by atoms with van der Waals surface area (Å²) in [5.41, 5.74) is 5.42. The number of amides is 1. The predicted octanol–water partition coefficient (Wildman–Crippen LogP) is 0.466. The van der Waals surface area contributed by atoms with E-state index in [1.807, 2.05) is 0 Å². The van der Waals surface area contributed by atoms with Crippen LogP contribution in [-0.2, 0) is 0 Å². The highest BCUT2D eigenvalue weighted by molar-refractivity contribution is 5.96. The standard InChI is InChI=1S/C9H12N4O2/c1-3-5-13(6-4-2)9(14)7-8(10)12-15-11-7/h3-4H,1-2,5-6H2,(H2,10,12). The van der Waals surface area contributed by atoms with Gasteiger partial charge in [0.05, 0.1) is 0 Å². The number of nitrogens with zero attached hydrogens (tertiary/aromatic N) is 3. The molecular weight excluding hydrogens is 196 g/mol. The van der Waals surface area contributed by atoms with Crippen molar-refractivity contribution < 1.29 is 9.42 Å². The lowest BCUT2D eigenvalue weighted by molar-refractivity contribution is 0.0780. The Morgan fingerprint density at radius 2 is 2.00 bits per heavy atom. The third-order valence-electron chi connectivity index (χ3n) is 1.70. The fraction of sp³-hybridized carbons (Fsp3) is 0.222. The molecule has 6 heteroatoms. The van der Waals surface area contributed by atoms with Crippen molar-refractivity contribution in [1.29, 1.82) is 0 Å². The van der Waals surface area contributed by atoms with Gasteiger partial charge in [0.2, 0.25) is 11.5 Å². The lowest BCUT2D eigenvalue weighted by atomic mass is 10.3. The van der Waals surface area contributed by atoms with Crippen LogP contribution < -0.4 is 5.73 Å². The fourth-order valence-corrected chi connectivity index (χ4v) is 1.05. The molecule has 1 amide bonds. The average molecular weight is 208 g/mol. The average Bonchev–Trinajstić information content (AvgIpc) is 2.63. The minimum atomic E-state index is -0.353. The summed E-state index contributed by atoms with van der Waals surface area (Å²) in [6.07, 6.45) is 3.20. The highest BCUT2D eigenvalue weighted by Gasteiger charge is 2.20. The molecule has 2 N–H and O–H groups in total. The van der Waals surface area contributed by atoms with Gasteiger partial charge in [0.1, 0.15) is 0 Å². The van der Waals surface area contributed by atoms with Crippen LogP contribution in [0.3, 0.4) is 0 Å². The Labute approximate surface area is 87.0 Å². The number of rotatable bonds is 5. The first-order chi connectivity index (χ1) is 7.20. The second kappa shape index (κ2) is 4.94. The van der Waals surface area contributed by atoms with E-state index in [2.05, 4.69) is 28.1 Å². The van der Waals surface area contributed by atoms with Gasteiger partial charge in [0.15, 0.2) is 0 Å². The molecule has 80 valence electrons. The first kappa shape index (κ1) is 11.0. The monoisotopic (exact) mass is 208 g/mol. The number of nitrogen functional groups attached to an aromatic ring is 1. The van der Waals surface area contributed by atoms with Gasteiger partial charge >= 0.3 is 0 Å². The molecule has 0 aliphatic rings. The van der Waals surface area contributed by atoms with Crippen molar-refractivity contribution in [2.24, 2.45) is 0 Å². The maximum absolute atomic E-state index is 11.8. The van der Waals surface area contributed by atoms with Crippen molar-refractivity contribution >= 4 is 11.7 Å². The van der Waals surface area contributed by atoms with Gasteiger partial charge < -0.3 is 10.6 Å². The molecule has 1 heterocycles. The molecule has 1 aromatic heterocycles. The van der Waals surface area contributed by atoms with Crippen LogP contribution in [0, 0.1) is 0 Å². The molecule has 0 bridgehead atoms. The molecule has 0 spiro atoms. The molecular formula is C9H12N4O2. The van der Waals surface area contributed by atoms with Crippen LogP contribution >= 0.6 is 0 Å². The molecule has 0 aliphatic carbocycles. The number of aromatic nitrogens is 2. The molecule has 0 atom stereocenters. The van der Waals surface area contributed by atoms with Crippen LogP contribution in [0.25, 0.3) is 0 Å². The van der Waals surface area contributed by atoms with Crippen LogP contribution in [0.4, 0.5) is 5.82 Å². The molecule has 0 unspecified atom stereocenters. The predicted molar refractivity (Wildman–Crippen MR) is 55.0 cm³/mol. The third-order valence-corrected chi connectivity index (χ3v) is 1.70. The molecule has 0 radical (unpaired) electrons. The molecule has 6 nitrogen and oxygen atoms in total. The molecule has 1 rings (SSSR count). The van der Waals surface area contributed by atoms with E-state index in [9.17, 15) is 4.79 Å². The largest absolute Gasteiger partial charge is 0.379 e. The van der Waals surface area contributed by atoms with Gasteiger partial charge in [-0.2, -0.15) is 0 Å². The number of carbonyl (C=O) groups excluding carboxylic acids is 1. The first-order valence-corrected chi connectivity index (χ1v) is 4.29. The second-order valence-corrected chi connectivity index (χ2v) is 2.79. The van der Waals surface area contributed by atoms with E-state index < -0.39 is 0 Å². The van der Waals surface area contributed by atoms with Gasteiger partial charge in [-0.25, -0.2) is 4.63 Å². The number of nitrogens with two attached hydrogens (primary N) is 1. The van der Waals surface area contributed by atoms with E-state index >= 15 is 0 Å². The quantitative estimate of drug-likeness (QED) is 0.711. The minimum absolute atomic E-state index is 0.0127. The second-order valence-electron chi connectivity index (χ2n) is 2.79. The molecule has 1 aromatic rings. The molecule has 0 saturated carbocycles. The van der Waals surface area contributed by atoms with Crippen LogP contribution in [0.5, 0.6) is 0 Å². The van der Waals surface area contributed by atoms with Crippen molar-refractivity contribution in [2.45, 2.75) is 0 Å². The van der Waals surface area contributed by atoms with Crippen LogP contribution in [0.15, 0.2) is 29.9 Å². The van der Waals surface area contributed by atoms with Crippen molar-refractivity contribution in [3.05, 3.63) is 31.0 Å². The summed E-state index contributed by atoms with van der Waals surface area (Å²) in [4.78, 5) is 13.3. The van der Waals surface area contributed by atoms with Crippen LogP contribution in [0.2, 0.25) is 0 Å². The van der Waals surface area contributed by atoms with E-state index in [0.29, 0.717) is 13.1 Å². The van der Waals surface area contributed by atoms with Crippen molar-refractivity contribution in [2.75, 3.05) is 18.8 Å². The lowest BCUT2D eigenvalue weighted by Crippen LogP contribution is -2.32. The van der Waals surface area contributed by atoms with Gasteiger partial charge in [-0.3, -0.25) is 4.79 Å². The topological polar surface area (TPSA) is 85.2 Å². The minimum Gasteiger partial charge on any atom is -0.379 e. The first-order valence-electron chi connectivity index (χ1n) is 4.29. The third kappa shape index (κ3) is 2.43. The Kier molecular flexibility index (Phi) is 3.61. The van der Waals surface area contributed by atoms with Gasteiger partial charge in [0, 0.05) is 13.1 Å². The summed E-state index contributed by atoms with van der Waals surface area (Å²) in [6.45, 7) is 7.87. The molecule has 0 fully saturated rings. The van der Waals surface area contributed by atoms with E-state index in [-0.39, 0.29) is 17.4 Å². The molecule has 15 heavy (non-hydrogen) atoms. The normalized spacial score (nSPS) is 9.60. The van der Waals surface area contributed by atoms with E-state index in [1.54, 1.807) is 12.2 Å². The van der Waals surface area contributed by atoms with Crippen LogP contribution in [-0.4, -0.2) is 34.2 Å². The van der Waals surface area contributed by atoms with Crippen LogP contribution in [0.1, 0.15) is 10.5 Å². The maximum Gasteiger partial charge on any atom is 0.280 e. The summed E-state index contributed by atoms with van der Waals surface area (Å²) in [5, 5.41) is 6.76. The smallest absolute Gasteiger partial charge is 0.280 e.